The number of ether oxygens (including phenoxy) is 4. The van der Waals surface area contributed by atoms with Gasteiger partial charge in [-0.25, -0.2) is 4.79 Å². The maximum Gasteiger partial charge on any atom is 0.345 e. The van der Waals surface area contributed by atoms with Crippen LogP contribution >= 0.6 is 0 Å². The van der Waals surface area contributed by atoms with Gasteiger partial charge in [0, 0.05) is 12.7 Å². The van der Waals surface area contributed by atoms with E-state index in [2.05, 4.69) is 0 Å². The number of methoxy groups -OCH3 is 3. The quantitative estimate of drug-likeness (QED) is 0.728. The number of esters is 1. The van der Waals surface area contributed by atoms with E-state index in [1.54, 1.807) is 12.1 Å². The van der Waals surface area contributed by atoms with Crippen LogP contribution in [-0.4, -0.2) is 27.3 Å². The monoisotopic (exact) mass is 224 g/mol. The number of rotatable bonds is 3. The largest absolute Gasteiger partial charge is 0.493 e. The minimum atomic E-state index is -0.665. The zero-order valence-electron chi connectivity index (χ0n) is 9.27. The number of carbonyl (C=O) groups is 1. The van der Waals surface area contributed by atoms with Crippen molar-refractivity contribution in [3.05, 3.63) is 23.3 Å². The van der Waals surface area contributed by atoms with E-state index in [9.17, 15) is 4.79 Å². The van der Waals surface area contributed by atoms with Crippen LogP contribution in [0.4, 0.5) is 0 Å². The Hall–Kier alpha value is -1.75. The Kier molecular flexibility index (Phi) is 2.70. The van der Waals surface area contributed by atoms with Crippen molar-refractivity contribution in [2.45, 2.75) is 6.29 Å². The molecule has 0 radical (unpaired) electrons. The van der Waals surface area contributed by atoms with Crippen LogP contribution in [0.3, 0.4) is 0 Å². The zero-order chi connectivity index (χ0) is 11.7. The summed E-state index contributed by atoms with van der Waals surface area (Å²) < 4.78 is 20.3. The van der Waals surface area contributed by atoms with Crippen LogP contribution < -0.4 is 9.47 Å². The first kappa shape index (κ1) is 10.8. The summed E-state index contributed by atoms with van der Waals surface area (Å²) in [6.07, 6.45) is -0.665. The maximum absolute atomic E-state index is 11.6. The van der Waals surface area contributed by atoms with Gasteiger partial charge in [-0.15, -0.1) is 0 Å². The molecule has 0 fully saturated rings. The van der Waals surface area contributed by atoms with E-state index in [0.29, 0.717) is 22.6 Å². The Morgan fingerprint density at radius 2 is 1.94 bits per heavy atom. The highest BCUT2D eigenvalue weighted by atomic mass is 16.7. The molecule has 16 heavy (non-hydrogen) atoms. The molecule has 1 aromatic carbocycles. The fraction of sp³-hybridized carbons (Fsp3) is 0.364. The SMILES string of the molecule is COc1ccc2c(c1OC)C(=O)O[C@H]2OC. The third kappa shape index (κ3) is 1.40. The molecule has 5 heteroatoms. The van der Waals surface area contributed by atoms with Crippen molar-refractivity contribution >= 4 is 5.97 Å². The van der Waals surface area contributed by atoms with Crippen LogP contribution in [0, 0.1) is 0 Å². The van der Waals surface area contributed by atoms with Crippen molar-refractivity contribution in [3.8, 4) is 11.5 Å². The van der Waals surface area contributed by atoms with Crippen molar-refractivity contribution in [1.29, 1.82) is 0 Å². The van der Waals surface area contributed by atoms with E-state index in [1.165, 1.54) is 21.3 Å². The van der Waals surface area contributed by atoms with E-state index >= 15 is 0 Å². The van der Waals surface area contributed by atoms with Gasteiger partial charge >= 0.3 is 5.97 Å². The zero-order valence-corrected chi connectivity index (χ0v) is 9.27. The highest BCUT2D eigenvalue weighted by Gasteiger charge is 2.35. The van der Waals surface area contributed by atoms with Crippen LogP contribution in [0.25, 0.3) is 0 Å². The van der Waals surface area contributed by atoms with Crippen molar-refractivity contribution in [1.82, 2.24) is 0 Å². The molecular weight excluding hydrogens is 212 g/mol. The van der Waals surface area contributed by atoms with Gasteiger partial charge in [0.15, 0.2) is 11.5 Å². The molecule has 0 saturated carbocycles. The van der Waals surface area contributed by atoms with Crippen molar-refractivity contribution in [2.24, 2.45) is 0 Å². The molecule has 5 nitrogen and oxygen atoms in total. The second-order valence-electron chi connectivity index (χ2n) is 3.24. The molecule has 1 aliphatic heterocycles. The van der Waals surface area contributed by atoms with Gasteiger partial charge in [-0.1, -0.05) is 0 Å². The molecule has 0 unspecified atom stereocenters. The summed E-state index contributed by atoms with van der Waals surface area (Å²) in [6.45, 7) is 0. The van der Waals surface area contributed by atoms with Crippen LogP contribution in [0.1, 0.15) is 22.2 Å². The average Bonchev–Trinajstić information content (AvgIpc) is 2.65. The standard InChI is InChI=1S/C11H12O5/c1-13-7-5-4-6-8(9(7)14-2)10(12)16-11(6)15-3/h4-5,11H,1-3H3/t11-/m1/s1. The number of hydrogen-bond acceptors (Lipinski definition) is 5. The lowest BCUT2D eigenvalue weighted by molar-refractivity contribution is -0.0815. The van der Waals surface area contributed by atoms with Crippen molar-refractivity contribution < 1.29 is 23.7 Å². The molecule has 0 saturated heterocycles. The molecule has 0 bridgehead atoms. The number of cyclic esters (lactones) is 1. The van der Waals surface area contributed by atoms with E-state index in [4.69, 9.17) is 18.9 Å². The molecule has 0 spiro atoms. The molecule has 0 aliphatic carbocycles. The molecule has 1 aromatic rings. The molecule has 2 rings (SSSR count). The first-order valence-corrected chi connectivity index (χ1v) is 4.71. The number of hydrogen-bond donors (Lipinski definition) is 0. The van der Waals surface area contributed by atoms with Gasteiger partial charge in [0.25, 0.3) is 0 Å². The summed E-state index contributed by atoms with van der Waals surface area (Å²) in [5.41, 5.74) is 1.03. The second-order valence-corrected chi connectivity index (χ2v) is 3.24. The molecule has 1 heterocycles. The van der Waals surface area contributed by atoms with Gasteiger partial charge in [0.2, 0.25) is 6.29 Å². The fourth-order valence-electron chi connectivity index (χ4n) is 1.74. The second kappa shape index (κ2) is 4.02. The number of carbonyl (C=O) groups excluding carboxylic acids is 1. The third-order valence-corrected chi connectivity index (χ3v) is 2.46. The van der Waals surface area contributed by atoms with E-state index in [0.717, 1.165) is 0 Å². The van der Waals surface area contributed by atoms with Crippen molar-refractivity contribution in [2.75, 3.05) is 21.3 Å². The highest BCUT2D eigenvalue weighted by Crippen LogP contribution is 2.41. The first-order valence-electron chi connectivity index (χ1n) is 4.71. The molecule has 86 valence electrons. The molecule has 0 amide bonds. The van der Waals surface area contributed by atoms with E-state index in [-0.39, 0.29) is 0 Å². The van der Waals surface area contributed by atoms with E-state index < -0.39 is 12.3 Å². The van der Waals surface area contributed by atoms with Crippen LogP contribution in [0.15, 0.2) is 12.1 Å². The van der Waals surface area contributed by atoms with Gasteiger partial charge < -0.3 is 18.9 Å². The predicted molar refractivity (Wildman–Crippen MR) is 54.7 cm³/mol. The summed E-state index contributed by atoms with van der Waals surface area (Å²) >= 11 is 0. The normalized spacial score (nSPS) is 17.9. The molecule has 0 aromatic heterocycles. The lowest BCUT2D eigenvalue weighted by Gasteiger charge is -2.10. The molecule has 1 atom stereocenters. The average molecular weight is 224 g/mol. The molecule has 1 aliphatic rings. The molecular formula is C11H12O5. The number of benzene rings is 1. The summed E-state index contributed by atoms with van der Waals surface area (Å²) in [6, 6.07) is 3.45. The topological polar surface area (TPSA) is 54.0 Å². The minimum Gasteiger partial charge on any atom is -0.493 e. The summed E-state index contributed by atoms with van der Waals surface area (Å²) in [7, 11) is 4.47. The number of fused-ring (bicyclic) bond motifs is 1. The van der Waals surface area contributed by atoms with Crippen LogP contribution in [0.5, 0.6) is 11.5 Å². The van der Waals surface area contributed by atoms with Gasteiger partial charge in [-0.05, 0) is 12.1 Å². The minimum absolute atomic E-state index is 0.369. The molecule has 0 N–H and O–H groups in total. The Bertz CT molecular complexity index is 427. The summed E-state index contributed by atoms with van der Waals surface area (Å²) in [5, 5.41) is 0. The van der Waals surface area contributed by atoms with Gasteiger partial charge in [0.05, 0.1) is 14.2 Å². The van der Waals surface area contributed by atoms with Gasteiger partial charge in [-0.2, -0.15) is 0 Å². The smallest absolute Gasteiger partial charge is 0.345 e. The van der Waals surface area contributed by atoms with Crippen molar-refractivity contribution in [3.63, 3.8) is 0 Å². The Morgan fingerprint density at radius 1 is 1.19 bits per heavy atom. The third-order valence-electron chi connectivity index (χ3n) is 2.46. The maximum atomic E-state index is 11.6. The van der Waals surface area contributed by atoms with Gasteiger partial charge in [-0.3, -0.25) is 0 Å². The van der Waals surface area contributed by atoms with Crippen LogP contribution in [0.2, 0.25) is 0 Å². The Morgan fingerprint density at radius 3 is 2.50 bits per heavy atom. The highest BCUT2D eigenvalue weighted by molar-refractivity contribution is 5.97. The summed E-state index contributed by atoms with van der Waals surface area (Å²) in [5.74, 6) is 0.414. The Balaban J connectivity index is 2.60. The predicted octanol–water partition coefficient (Wildman–Crippen LogP) is 1.52. The Labute approximate surface area is 92.9 Å². The fourth-order valence-corrected chi connectivity index (χ4v) is 1.74. The van der Waals surface area contributed by atoms with Crippen LogP contribution in [-0.2, 0) is 9.47 Å². The summed E-state index contributed by atoms with van der Waals surface area (Å²) in [4.78, 5) is 11.6. The lowest BCUT2D eigenvalue weighted by atomic mass is 10.1. The van der Waals surface area contributed by atoms with Gasteiger partial charge in [0.1, 0.15) is 5.56 Å². The first-order chi connectivity index (χ1) is 7.72. The van der Waals surface area contributed by atoms with E-state index in [1.807, 2.05) is 0 Å². The lowest BCUT2D eigenvalue weighted by Crippen LogP contribution is -2.00.